The Balaban J connectivity index is 2.17. The molecule has 0 bridgehead atoms. The molecule has 0 aliphatic carbocycles. The Labute approximate surface area is 100 Å². The second kappa shape index (κ2) is 4.44. The minimum atomic E-state index is -0.503. The van der Waals surface area contributed by atoms with Gasteiger partial charge >= 0.3 is 5.82 Å². The summed E-state index contributed by atoms with van der Waals surface area (Å²) in [6.07, 6.45) is 2.87. The summed E-state index contributed by atoms with van der Waals surface area (Å²) in [5, 5.41) is 10.4. The summed E-state index contributed by atoms with van der Waals surface area (Å²) in [6.45, 7) is 0.570. The Hall–Kier alpha value is -1.69. The molecule has 0 radical (unpaired) electrons. The summed E-state index contributed by atoms with van der Waals surface area (Å²) < 4.78 is 2.67. The zero-order valence-corrected chi connectivity index (χ0v) is 9.79. The van der Waals surface area contributed by atoms with Gasteiger partial charge in [0, 0.05) is 4.47 Å². The van der Waals surface area contributed by atoms with Crippen molar-refractivity contribution in [3.63, 3.8) is 0 Å². The minimum Gasteiger partial charge on any atom is -0.358 e. The molecular weight excluding hydrogens is 274 g/mol. The van der Waals surface area contributed by atoms with E-state index in [0.29, 0.717) is 6.54 Å². The fraction of sp³-hybridized carbons (Fsp3) is 0.100. The third-order valence-electron chi connectivity index (χ3n) is 2.06. The van der Waals surface area contributed by atoms with E-state index in [4.69, 9.17) is 0 Å². The summed E-state index contributed by atoms with van der Waals surface area (Å²) in [4.78, 5) is 13.6. The van der Waals surface area contributed by atoms with Crippen LogP contribution in [0.25, 0.3) is 0 Å². The highest BCUT2D eigenvalue weighted by Crippen LogP contribution is 2.14. The van der Waals surface area contributed by atoms with Crippen molar-refractivity contribution in [2.75, 3.05) is 0 Å². The third-order valence-corrected chi connectivity index (χ3v) is 2.55. The average molecular weight is 282 g/mol. The van der Waals surface area contributed by atoms with Crippen LogP contribution in [-0.2, 0) is 6.54 Å². The van der Waals surface area contributed by atoms with Crippen LogP contribution in [0.5, 0.6) is 0 Å². The molecule has 1 aromatic carbocycles. The van der Waals surface area contributed by atoms with E-state index in [1.165, 1.54) is 12.5 Å². The summed E-state index contributed by atoms with van der Waals surface area (Å²) in [5.41, 5.74) is 1.06. The van der Waals surface area contributed by atoms with Gasteiger partial charge in [0.15, 0.2) is 0 Å². The molecule has 0 saturated heterocycles. The molecule has 0 atom stereocenters. The molecule has 5 nitrogen and oxygen atoms in total. The first kappa shape index (κ1) is 10.8. The van der Waals surface area contributed by atoms with E-state index in [9.17, 15) is 10.1 Å². The Morgan fingerprint density at radius 2 is 2.31 bits per heavy atom. The van der Waals surface area contributed by atoms with Gasteiger partial charge in [0.1, 0.15) is 6.20 Å². The van der Waals surface area contributed by atoms with Gasteiger partial charge in [0.05, 0.1) is 6.54 Å². The lowest BCUT2D eigenvalue weighted by molar-refractivity contribution is -0.389. The number of nitrogens with zero attached hydrogens (tertiary/aromatic N) is 3. The molecule has 1 heterocycles. The highest BCUT2D eigenvalue weighted by Gasteiger charge is 2.09. The number of nitro groups is 1. The molecule has 16 heavy (non-hydrogen) atoms. The van der Waals surface area contributed by atoms with Gasteiger partial charge in [-0.3, -0.25) is 0 Å². The normalized spacial score (nSPS) is 10.3. The number of benzene rings is 1. The van der Waals surface area contributed by atoms with E-state index < -0.39 is 4.92 Å². The Morgan fingerprint density at radius 3 is 2.94 bits per heavy atom. The molecular formula is C10H8BrN3O2. The number of rotatable bonds is 3. The number of imidazole rings is 1. The third kappa shape index (κ3) is 2.46. The van der Waals surface area contributed by atoms with Crippen LogP contribution >= 0.6 is 15.9 Å². The van der Waals surface area contributed by atoms with Gasteiger partial charge < -0.3 is 14.7 Å². The predicted octanol–water partition coefficient (Wildman–Crippen LogP) is 2.60. The second-order valence-corrected chi connectivity index (χ2v) is 4.21. The van der Waals surface area contributed by atoms with Gasteiger partial charge in [-0.05, 0) is 27.6 Å². The predicted molar refractivity (Wildman–Crippen MR) is 62.1 cm³/mol. The second-order valence-electron chi connectivity index (χ2n) is 3.29. The van der Waals surface area contributed by atoms with Crippen molar-refractivity contribution in [3.05, 3.63) is 56.9 Å². The Kier molecular flexibility index (Phi) is 3.00. The lowest BCUT2D eigenvalue weighted by Gasteiger charge is -2.01. The highest BCUT2D eigenvalue weighted by atomic mass is 79.9. The van der Waals surface area contributed by atoms with Gasteiger partial charge in [0.25, 0.3) is 0 Å². The van der Waals surface area contributed by atoms with Gasteiger partial charge in [-0.1, -0.05) is 28.1 Å². The first-order valence-electron chi connectivity index (χ1n) is 4.56. The van der Waals surface area contributed by atoms with Crippen LogP contribution < -0.4 is 0 Å². The zero-order valence-electron chi connectivity index (χ0n) is 8.21. The molecule has 0 unspecified atom stereocenters. The number of halogens is 1. The average Bonchev–Trinajstić information content (AvgIpc) is 2.66. The Bertz CT molecular complexity index is 524. The molecule has 0 spiro atoms. The molecule has 82 valence electrons. The minimum absolute atomic E-state index is 0.130. The largest absolute Gasteiger partial charge is 0.381 e. The molecule has 0 N–H and O–H groups in total. The van der Waals surface area contributed by atoms with Crippen LogP contribution in [0, 0.1) is 10.1 Å². The van der Waals surface area contributed by atoms with Gasteiger partial charge in [-0.25, -0.2) is 0 Å². The quantitative estimate of drug-likeness (QED) is 0.642. The van der Waals surface area contributed by atoms with Crippen molar-refractivity contribution in [2.45, 2.75) is 6.54 Å². The number of hydrogen-bond donors (Lipinski definition) is 0. The summed E-state index contributed by atoms with van der Waals surface area (Å²) in [6, 6.07) is 7.77. The fourth-order valence-electron chi connectivity index (χ4n) is 1.38. The van der Waals surface area contributed by atoms with Crippen molar-refractivity contribution in [1.29, 1.82) is 0 Å². The number of aromatic nitrogens is 2. The smallest absolute Gasteiger partial charge is 0.358 e. The fourth-order valence-corrected chi connectivity index (χ4v) is 1.82. The van der Waals surface area contributed by atoms with E-state index in [1.54, 1.807) is 4.57 Å². The van der Waals surface area contributed by atoms with Gasteiger partial charge in [-0.15, -0.1) is 0 Å². The first-order chi connectivity index (χ1) is 7.65. The first-order valence-corrected chi connectivity index (χ1v) is 5.35. The van der Waals surface area contributed by atoms with Crippen LogP contribution in [0.15, 0.2) is 41.3 Å². The maximum Gasteiger partial charge on any atom is 0.381 e. The lowest BCUT2D eigenvalue weighted by atomic mass is 10.2. The molecule has 0 aliphatic heterocycles. The summed E-state index contributed by atoms with van der Waals surface area (Å²) in [7, 11) is 0. The van der Waals surface area contributed by atoms with Crippen LogP contribution in [0.4, 0.5) is 5.82 Å². The molecule has 0 amide bonds. The summed E-state index contributed by atoms with van der Waals surface area (Å²) >= 11 is 3.37. The molecule has 0 fully saturated rings. The molecule has 6 heteroatoms. The SMILES string of the molecule is O=[N+]([O-])c1cn(Cc2cccc(Br)c2)cn1. The van der Waals surface area contributed by atoms with Crippen molar-refractivity contribution >= 4 is 21.7 Å². The van der Waals surface area contributed by atoms with E-state index in [0.717, 1.165) is 10.0 Å². The summed E-state index contributed by atoms with van der Waals surface area (Å²) in [5.74, 6) is -0.130. The van der Waals surface area contributed by atoms with Crippen molar-refractivity contribution in [3.8, 4) is 0 Å². The zero-order chi connectivity index (χ0) is 11.5. The van der Waals surface area contributed by atoms with E-state index >= 15 is 0 Å². The standard InChI is InChI=1S/C10H8BrN3O2/c11-9-3-1-2-8(4-9)5-13-6-10(12-7-13)14(15)16/h1-4,6-7H,5H2. The van der Waals surface area contributed by atoms with Crippen molar-refractivity contribution in [1.82, 2.24) is 9.55 Å². The van der Waals surface area contributed by atoms with E-state index in [1.807, 2.05) is 24.3 Å². The van der Waals surface area contributed by atoms with Crippen molar-refractivity contribution < 1.29 is 4.92 Å². The maximum atomic E-state index is 10.4. The topological polar surface area (TPSA) is 61.0 Å². The van der Waals surface area contributed by atoms with Gasteiger partial charge in [-0.2, -0.15) is 0 Å². The van der Waals surface area contributed by atoms with E-state index in [-0.39, 0.29) is 5.82 Å². The molecule has 0 saturated carbocycles. The Morgan fingerprint density at radius 1 is 1.50 bits per heavy atom. The lowest BCUT2D eigenvalue weighted by Crippen LogP contribution is -1.96. The van der Waals surface area contributed by atoms with Crippen LogP contribution in [0.3, 0.4) is 0 Å². The van der Waals surface area contributed by atoms with Crippen LogP contribution in [0.1, 0.15) is 5.56 Å². The molecule has 2 rings (SSSR count). The van der Waals surface area contributed by atoms with Crippen LogP contribution in [-0.4, -0.2) is 14.5 Å². The van der Waals surface area contributed by atoms with E-state index in [2.05, 4.69) is 20.9 Å². The monoisotopic (exact) mass is 281 g/mol. The number of hydrogen-bond acceptors (Lipinski definition) is 3. The highest BCUT2D eigenvalue weighted by molar-refractivity contribution is 9.10. The van der Waals surface area contributed by atoms with Crippen LogP contribution in [0.2, 0.25) is 0 Å². The van der Waals surface area contributed by atoms with Crippen molar-refractivity contribution in [2.24, 2.45) is 0 Å². The maximum absolute atomic E-state index is 10.4. The molecule has 2 aromatic rings. The van der Waals surface area contributed by atoms with Gasteiger partial charge in [0.2, 0.25) is 6.33 Å². The molecule has 0 aliphatic rings. The molecule has 1 aromatic heterocycles.